The van der Waals surface area contributed by atoms with Crippen molar-refractivity contribution in [2.75, 3.05) is 0 Å². The zero-order chi connectivity index (χ0) is 10.5. The highest BCUT2D eigenvalue weighted by Gasteiger charge is 1.96. The summed E-state index contributed by atoms with van der Waals surface area (Å²) in [5.41, 5.74) is 3.51. The van der Waals surface area contributed by atoms with Crippen LogP contribution >= 0.6 is 8.46 Å². The van der Waals surface area contributed by atoms with E-state index in [0.717, 1.165) is 5.56 Å². The first kappa shape index (κ1) is 10.1. The third-order valence-corrected chi connectivity index (χ3v) is 2.80. The van der Waals surface area contributed by atoms with Gasteiger partial charge in [0.05, 0.1) is 6.16 Å². The Bertz CT molecular complexity index is 434. The van der Waals surface area contributed by atoms with Crippen LogP contribution in [0.25, 0.3) is 11.1 Å². The lowest BCUT2D eigenvalue weighted by Crippen LogP contribution is -1.79. The molecule has 74 valence electrons. The predicted molar refractivity (Wildman–Crippen MR) is 63.2 cm³/mol. The molecule has 0 heterocycles. The fraction of sp³-hybridized carbons (Fsp3) is 0.0769. The lowest BCUT2D eigenvalue weighted by Gasteiger charge is -2.01. The fourth-order valence-corrected chi connectivity index (χ4v) is 1.87. The Balaban J connectivity index is 2.28. The Kier molecular flexibility index (Phi) is 3.26. The average Bonchev–Trinajstić information content (AvgIpc) is 2.32. The van der Waals surface area contributed by atoms with Crippen LogP contribution in [0.2, 0.25) is 0 Å². The van der Waals surface area contributed by atoms with Crippen LogP contribution in [0.3, 0.4) is 0 Å². The summed E-state index contributed by atoms with van der Waals surface area (Å²) in [6.07, 6.45) is 0.592. The smallest absolute Gasteiger partial charge is 0.160 e. The zero-order valence-electron chi connectivity index (χ0n) is 8.26. The molecule has 0 saturated heterocycles. The molecule has 0 aromatic heterocycles. The summed E-state index contributed by atoms with van der Waals surface area (Å²) in [5.74, 6) is 0. The predicted octanol–water partition coefficient (Wildman–Crippen LogP) is 4.15. The third-order valence-electron chi connectivity index (χ3n) is 2.31. The maximum Gasteiger partial charge on any atom is 0.160 e. The van der Waals surface area contributed by atoms with Crippen LogP contribution in [0.15, 0.2) is 54.6 Å². The Morgan fingerprint density at radius 3 is 2.00 bits per heavy atom. The van der Waals surface area contributed by atoms with Gasteiger partial charge >= 0.3 is 0 Å². The van der Waals surface area contributed by atoms with E-state index >= 15 is 0 Å². The van der Waals surface area contributed by atoms with E-state index in [1.54, 1.807) is 0 Å². The summed E-state index contributed by atoms with van der Waals surface area (Å²) < 4.78 is 10.4. The zero-order valence-corrected chi connectivity index (χ0v) is 9.15. The largest absolute Gasteiger partial charge is 0.275 e. The van der Waals surface area contributed by atoms with Crippen LogP contribution < -0.4 is 0 Å². The van der Waals surface area contributed by atoms with Crippen molar-refractivity contribution in [3.05, 3.63) is 60.2 Å². The van der Waals surface area contributed by atoms with E-state index in [2.05, 4.69) is 24.3 Å². The molecule has 0 radical (unpaired) electrons. The summed E-state index contributed by atoms with van der Waals surface area (Å²) in [7, 11) is 0.177. The molecule has 2 rings (SSSR count). The molecule has 0 bridgehead atoms. The maximum absolute atomic E-state index is 10.4. The van der Waals surface area contributed by atoms with E-state index in [1.807, 2.05) is 30.3 Å². The number of hydrogen-bond donors (Lipinski definition) is 0. The molecule has 15 heavy (non-hydrogen) atoms. The van der Waals surface area contributed by atoms with Gasteiger partial charge in [-0.05, 0) is 16.7 Å². The van der Waals surface area contributed by atoms with Crippen molar-refractivity contribution in [3.8, 4) is 11.1 Å². The molecule has 2 heteroatoms. The Morgan fingerprint density at radius 1 is 0.800 bits per heavy atom. The first-order valence-electron chi connectivity index (χ1n) is 4.83. The van der Waals surface area contributed by atoms with Gasteiger partial charge in [-0.15, -0.1) is 0 Å². The Hall–Kier alpha value is -1.46. The summed E-state index contributed by atoms with van der Waals surface area (Å²) in [6, 6.07) is 18.4. The first-order chi connectivity index (χ1) is 7.40. The van der Waals surface area contributed by atoms with Crippen LogP contribution in [-0.2, 0) is 10.7 Å². The van der Waals surface area contributed by atoms with Gasteiger partial charge in [-0.2, -0.15) is 0 Å². The van der Waals surface area contributed by atoms with Crippen molar-refractivity contribution in [2.24, 2.45) is 0 Å². The second kappa shape index (κ2) is 4.86. The van der Waals surface area contributed by atoms with Crippen molar-refractivity contribution in [1.82, 2.24) is 0 Å². The average molecular weight is 214 g/mol. The van der Waals surface area contributed by atoms with Gasteiger partial charge < -0.3 is 0 Å². The van der Waals surface area contributed by atoms with Gasteiger partial charge in [-0.3, -0.25) is 4.57 Å². The molecule has 2 aromatic carbocycles. The summed E-state index contributed by atoms with van der Waals surface area (Å²) in [5, 5.41) is 0. The fourth-order valence-electron chi connectivity index (χ4n) is 1.51. The molecule has 1 nitrogen and oxygen atoms in total. The molecule has 0 spiro atoms. The normalized spacial score (nSPS) is 10.4. The van der Waals surface area contributed by atoms with E-state index in [0.29, 0.717) is 6.16 Å². The molecule has 0 aliphatic rings. The van der Waals surface area contributed by atoms with Crippen LogP contribution in [-0.4, -0.2) is 0 Å². The number of benzene rings is 2. The molecule has 0 aliphatic carbocycles. The van der Waals surface area contributed by atoms with Gasteiger partial charge in [0, 0.05) is 0 Å². The molecular weight excluding hydrogens is 203 g/mol. The minimum atomic E-state index is 0.177. The van der Waals surface area contributed by atoms with Gasteiger partial charge in [0.2, 0.25) is 0 Å². The molecule has 0 atom stereocenters. The van der Waals surface area contributed by atoms with Crippen LogP contribution in [0.4, 0.5) is 0 Å². The van der Waals surface area contributed by atoms with Gasteiger partial charge in [0.1, 0.15) is 0 Å². The molecule has 0 unspecified atom stereocenters. The molecule has 0 fully saturated rings. The van der Waals surface area contributed by atoms with Gasteiger partial charge in [-0.25, -0.2) is 0 Å². The van der Waals surface area contributed by atoms with Crippen molar-refractivity contribution in [3.63, 3.8) is 0 Å². The van der Waals surface area contributed by atoms with Crippen LogP contribution in [0.5, 0.6) is 0 Å². The van der Waals surface area contributed by atoms with E-state index < -0.39 is 0 Å². The van der Waals surface area contributed by atoms with Crippen LogP contribution in [0.1, 0.15) is 5.56 Å². The summed E-state index contributed by atoms with van der Waals surface area (Å²) >= 11 is 0. The highest BCUT2D eigenvalue weighted by atomic mass is 31.1. The van der Waals surface area contributed by atoms with Crippen molar-refractivity contribution in [2.45, 2.75) is 6.16 Å². The maximum atomic E-state index is 10.4. The highest BCUT2D eigenvalue weighted by molar-refractivity contribution is 7.22. The van der Waals surface area contributed by atoms with Crippen LogP contribution in [0, 0.1) is 0 Å². The standard InChI is InChI=1S/C13H11OP/c14-15-10-11-6-8-13(9-7-11)12-4-2-1-3-5-12/h1-9H,10H2. The summed E-state index contributed by atoms with van der Waals surface area (Å²) in [6.45, 7) is 0. The SMILES string of the molecule is O=PCc1ccc(-c2ccccc2)cc1. The third kappa shape index (κ3) is 2.51. The van der Waals surface area contributed by atoms with E-state index in [1.165, 1.54) is 11.1 Å². The topological polar surface area (TPSA) is 17.1 Å². The highest BCUT2D eigenvalue weighted by Crippen LogP contribution is 2.20. The van der Waals surface area contributed by atoms with Crippen molar-refractivity contribution >= 4 is 8.46 Å². The minimum Gasteiger partial charge on any atom is -0.275 e. The lowest BCUT2D eigenvalue weighted by molar-refractivity contribution is 0.598. The molecule has 0 N–H and O–H groups in total. The molecule has 2 aromatic rings. The summed E-state index contributed by atoms with van der Waals surface area (Å²) in [4.78, 5) is 0. The lowest BCUT2D eigenvalue weighted by atomic mass is 10.0. The van der Waals surface area contributed by atoms with Gasteiger partial charge in [-0.1, -0.05) is 54.6 Å². The molecule has 0 saturated carbocycles. The molecule has 0 aliphatic heterocycles. The van der Waals surface area contributed by atoms with Crippen molar-refractivity contribution < 1.29 is 4.57 Å². The monoisotopic (exact) mass is 214 g/mol. The number of rotatable bonds is 3. The van der Waals surface area contributed by atoms with E-state index in [4.69, 9.17) is 0 Å². The number of hydrogen-bond acceptors (Lipinski definition) is 1. The van der Waals surface area contributed by atoms with Crippen molar-refractivity contribution in [1.29, 1.82) is 0 Å². The first-order valence-corrected chi connectivity index (χ1v) is 5.83. The van der Waals surface area contributed by atoms with E-state index in [9.17, 15) is 4.57 Å². The van der Waals surface area contributed by atoms with Gasteiger partial charge in [0.15, 0.2) is 8.46 Å². The second-order valence-electron chi connectivity index (χ2n) is 3.35. The molecular formula is C13H11OP. The second-order valence-corrected chi connectivity index (χ2v) is 3.92. The van der Waals surface area contributed by atoms with E-state index in [-0.39, 0.29) is 8.46 Å². The Morgan fingerprint density at radius 2 is 1.40 bits per heavy atom. The van der Waals surface area contributed by atoms with Gasteiger partial charge in [0.25, 0.3) is 0 Å². The Labute approximate surface area is 91.0 Å². The minimum absolute atomic E-state index is 0.177. The quantitative estimate of drug-likeness (QED) is 0.701. The molecule has 0 amide bonds.